The number of rotatable bonds is 2. The summed E-state index contributed by atoms with van der Waals surface area (Å²) in [4.78, 5) is 25.0. The molecule has 102 valence electrons. The summed E-state index contributed by atoms with van der Waals surface area (Å²) >= 11 is 1.88. The van der Waals surface area contributed by atoms with E-state index in [4.69, 9.17) is 9.84 Å². The van der Waals surface area contributed by atoms with Crippen LogP contribution in [-0.4, -0.2) is 58.7 Å². The molecular formula is C12H19NO4S. The van der Waals surface area contributed by atoms with Crippen molar-refractivity contribution in [3.8, 4) is 0 Å². The summed E-state index contributed by atoms with van der Waals surface area (Å²) < 4.78 is 5.32. The molecular weight excluding hydrogens is 254 g/mol. The summed E-state index contributed by atoms with van der Waals surface area (Å²) in [5, 5.41) is 9.00. The Kier molecular flexibility index (Phi) is 4.50. The number of carbonyl (C=O) groups excluding carboxylic acids is 1. The van der Waals surface area contributed by atoms with Crippen LogP contribution in [0.3, 0.4) is 0 Å². The van der Waals surface area contributed by atoms with Crippen molar-refractivity contribution >= 4 is 23.6 Å². The Balaban J connectivity index is 1.98. The standard InChI is InChI=1S/C12H19NO4S/c1-8-6-13(7-10(17-8)12(15)16)11(14)9-2-4-18-5-3-9/h8-10H,2-7H2,1H3,(H,15,16)/t8-,10?/m1/s1. The van der Waals surface area contributed by atoms with Gasteiger partial charge in [-0.1, -0.05) is 0 Å². The predicted octanol–water partition coefficient (Wildman–Crippen LogP) is 0.830. The molecule has 2 aliphatic rings. The maximum Gasteiger partial charge on any atom is 0.334 e. The molecule has 0 aliphatic carbocycles. The van der Waals surface area contributed by atoms with Gasteiger partial charge in [-0.05, 0) is 31.3 Å². The maximum absolute atomic E-state index is 12.3. The summed E-state index contributed by atoms with van der Waals surface area (Å²) in [5.41, 5.74) is 0. The van der Waals surface area contributed by atoms with Gasteiger partial charge in [0, 0.05) is 12.5 Å². The van der Waals surface area contributed by atoms with E-state index in [9.17, 15) is 9.59 Å². The highest BCUT2D eigenvalue weighted by molar-refractivity contribution is 7.99. The largest absolute Gasteiger partial charge is 0.479 e. The molecule has 0 saturated carbocycles. The smallest absolute Gasteiger partial charge is 0.334 e. The van der Waals surface area contributed by atoms with E-state index in [1.807, 2.05) is 18.7 Å². The number of carboxylic acid groups (broad SMARTS) is 1. The van der Waals surface area contributed by atoms with Crippen molar-refractivity contribution in [3.63, 3.8) is 0 Å². The fraction of sp³-hybridized carbons (Fsp3) is 0.833. The lowest BCUT2D eigenvalue weighted by molar-refractivity contribution is -0.167. The molecule has 1 N–H and O–H groups in total. The second kappa shape index (κ2) is 5.93. The van der Waals surface area contributed by atoms with E-state index in [0.29, 0.717) is 6.54 Å². The molecule has 6 heteroatoms. The first-order valence-electron chi connectivity index (χ1n) is 6.32. The van der Waals surface area contributed by atoms with E-state index < -0.39 is 12.1 Å². The second-order valence-electron chi connectivity index (χ2n) is 4.90. The highest BCUT2D eigenvalue weighted by Crippen LogP contribution is 2.25. The van der Waals surface area contributed by atoms with Crippen LogP contribution in [0.25, 0.3) is 0 Å². The van der Waals surface area contributed by atoms with Crippen molar-refractivity contribution in [1.29, 1.82) is 0 Å². The van der Waals surface area contributed by atoms with E-state index in [0.717, 1.165) is 24.3 Å². The lowest BCUT2D eigenvalue weighted by Crippen LogP contribution is -2.53. The van der Waals surface area contributed by atoms with Gasteiger partial charge in [0.05, 0.1) is 12.6 Å². The minimum Gasteiger partial charge on any atom is -0.479 e. The Morgan fingerprint density at radius 3 is 2.56 bits per heavy atom. The van der Waals surface area contributed by atoms with Crippen molar-refractivity contribution in [2.45, 2.75) is 32.0 Å². The quantitative estimate of drug-likeness (QED) is 0.807. The number of thioether (sulfide) groups is 1. The zero-order valence-corrected chi connectivity index (χ0v) is 11.3. The molecule has 0 aromatic carbocycles. The number of ether oxygens (including phenoxy) is 1. The van der Waals surface area contributed by atoms with Crippen molar-refractivity contribution in [2.24, 2.45) is 5.92 Å². The van der Waals surface area contributed by atoms with Gasteiger partial charge in [-0.2, -0.15) is 11.8 Å². The average Bonchev–Trinajstić information content (AvgIpc) is 2.38. The summed E-state index contributed by atoms with van der Waals surface area (Å²) in [6.07, 6.45) is 0.734. The molecule has 18 heavy (non-hydrogen) atoms. The normalized spacial score (nSPS) is 30.2. The van der Waals surface area contributed by atoms with E-state index >= 15 is 0 Å². The minimum absolute atomic E-state index is 0.0750. The number of amides is 1. The summed E-state index contributed by atoms with van der Waals surface area (Å²) in [5.74, 6) is 1.25. The van der Waals surface area contributed by atoms with Crippen molar-refractivity contribution in [2.75, 3.05) is 24.6 Å². The molecule has 0 aromatic rings. The van der Waals surface area contributed by atoms with Gasteiger partial charge in [-0.15, -0.1) is 0 Å². The molecule has 2 saturated heterocycles. The predicted molar refractivity (Wildman–Crippen MR) is 68.6 cm³/mol. The Morgan fingerprint density at radius 1 is 1.28 bits per heavy atom. The van der Waals surface area contributed by atoms with Crippen molar-refractivity contribution in [1.82, 2.24) is 4.90 Å². The summed E-state index contributed by atoms with van der Waals surface area (Å²) in [6.45, 7) is 2.50. The van der Waals surface area contributed by atoms with Crippen LogP contribution in [-0.2, 0) is 14.3 Å². The number of carboxylic acids is 1. The third-order valence-electron chi connectivity index (χ3n) is 3.42. The number of hydrogen-bond acceptors (Lipinski definition) is 4. The topological polar surface area (TPSA) is 66.8 Å². The molecule has 0 aromatic heterocycles. The van der Waals surface area contributed by atoms with Gasteiger partial charge in [0.1, 0.15) is 0 Å². The Hall–Kier alpha value is -0.750. The average molecular weight is 273 g/mol. The summed E-state index contributed by atoms with van der Waals surface area (Å²) in [7, 11) is 0. The highest BCUT2D eigenvalue weighted by Gasteiger charge is 2.35. The van der Waals surface area contributed by atoms with Gasteiger partial charge in [0.25, 0.3) is 0 Å². The zero-order valence-electron chi connectivity index (χ0n) is 10.5. The third-order valence-corrected chi connectivity index (χ3v) is 4.47. The Labute approximate surface area is 111 Å². The Bertz CT molecular complexity index is 330. The number of carbonyl (C=O) groups is 2. The first-order valence-corrected chi connectivity index (χ1v) is 7.48. The SMILES string of the molecule is C[C@@H]1CN(C(=O)C2CCSCC2)CC(C(=O)O)O1. The number of hydrogen-bond donors (Lipinski definition) is 1. The van der Waals surface area contributed by atoms with E-state index in [1.165, 1.54) is 0 Å². The number of morpholine rings is 1. The first kappa shape index (κ1) is 13.7. The zero-order chi connectivity index (χ0) is 13.1. The van der Waals surface area contributed by atoms with Crippen LogP contribution in [0.15, 0.2) is 0 Å². The van der Waals surface area contributed by atoms with Gasteiger partial charge in [-0.3, -0.25) is 4.79 Å². The number of aliphatic carboxylic acids is 1. The fourth-order valence-electron chi connectivity index (χ4n) is 2.47. The minimum atomic E-state index is -0.987. The van der Waals surface area contributed by atoms with Crippen LogP contribution in [0, 0.1) is 5.92 Å². The second-order valence-corrected chi connectivity index (χ2v) is 6.13. The third kappa shape index (κ3) is 3.17. The van der Waals surface area contributed by atoms with E-state index in [-0.39, 0.29) is 24.5 Å². The summed E-state index contributed by atoms with van der Waals surface area (Å²) in [6, 6.07) is 0. The molecule has 2 heterocycles. The van der Waals surface area contributed by atoms with Gasteiger partial charge in [0.2, 0.25) is 5.91 Å². The lowest BCUT2D eigenvalue weighted by Gasteiger charge is -2.37. The van der Waals surface area contributed by atoms with Crippen LogP contribution < -0.4 is 0 Å². The first-order chi connectivity index (χ1) is 8.58. The molecule has 2 atom stereocenters. The molecule has 0 spiro atoms. The van der Waals surface area contributed by atoms with E-state index in [2.05, 4.69) is 0 Å². The molecule has 2 aliphatic heterocycles. The molecule has 1 amide bonds. The highest BCUT2D eigenvalue weighted by atomic mass is 32.2. The van der Waals surface area contributed by atoms with E-state index in [1.54, 1.807) is 4.90 Å². The molecule has 5 nitrogen and oxygen atoms in total. The molecule has 2 fully saturated rings. The molecule has 0 radical (unpaired) electrons. The fourth-order valence-corrected chi connectivity index (χ4v) is 3.58. The van der Waals surface area contributed by atoms with Crippen LogP contribution >= 0.6 is 11.8 Å². The van der Waals surface area contributed by atoms with Gasteiger partial charge < -0.3 is 14.7 Å². The molecule has 0 bridgehead atoms. The van der Waals surface area contributed by atoms with Crippen molar-refractivity contribution < 1.29 is 19.4 Å². The molecule has 1 unspecified atom stereocenters. The Morgan fingerprint density at radius 2 is 1.94 bits per heavy atom. The van der Waals surface area contributed by atoms with Crippen LogP contribution in [0.1, 0.15) is 19.8 Å². The van der Waals surface area contributed by atoms with Gasteiger partial charge in [-0.25, -0.2) is 4.79 Å². The van der Waals surface area contributed by atoms with Crippen LogP contribution in [0.5, 0.6) is 0 Å². The molecule has 2 rings (SSSR count). The van der Waals surface area contributed by atoms with Crippen molar-refractivity contribution in [3.05, 3.63) is 0 Å². The number of nitrogens with zero attached hydrogens (tertiary/aromatic N) is 1. The van der Waals surface area contributed by atoms with Crippen LogP contribution in [0.2, 0.25) is 0 Å². The lowest BCUT2D eigenvalue weighted by atomic mass is 10.00. The van der Waals surface area contributed by atoms with Gasteiger partial charge >= 0.3 is 5.97 Å². The van der Waals surface area contributed by atoms with Crippen LogP contribution in [0.4, 0.5) is 0 Å². The monoisotopic (exact) mass is 273 g/mol. The van der Waals surface area contributed by atoms with Gasteiger partial charge in [0.15, 0.2) is 6.10 Å². The maximum atomic E-state index is 12.3.